The third-order valence-corrected chi connectivity index (χ3v) is 3.28. The Morgan fingerprint density at radius 3 is 2.45 bits per heavy atom. The number of allylic oxidation sites excluding steroid dienone is 2. The van der Waals surface area contributed by atoms with Crippen LogP contribution in [0.3, 0.4) is 0 Å². The van der Waals surface area contributed by atoms with E-state index >= 15 is 0 Å². The second-order valence-electron chi connectivity index (χ2n) is 5.21. The van der Waals surface area contributed by atoms with Crippen molar-refractivity contribution in [1.29, 1.82) is 0 Å². The number of carboxylic acid groups (broad SMARTS) is 1. The Hall–Kier alpha value is -0.870. The van der Waals surface area contributed by atoms with E-state index in [2.05, 4.69) is 24.4 Å². The largest absolute Gasteiger partial charge is 0.481 e. The molecule has 0 saturated carbocycles. The van der Waals surface area contributed by atoms with Crippen molar-refractivity contribution in [3.63, 3.8) is 0 Å². The Morgan fingerprint density at radius 2 is 1.85 bits per heavy atom. The van der Waals surface area contributed by atoms with Crippen molar-refractivity contribution in [2.75, 3.05) is 13.2 Å². The third-order valence-electron chi connectivity index (χ3n) is 3.28. The van der Waals surface area contributed by atoms with Gasteiger partial charge < -0.3 is 15.5 Å². The Balaban J connectivity index is 3.47. The van der Waals surface area contributed by atoms with Gasteiger partial charge in [-0.05, 0) is 38.5 Å². The number of nitrogens with one attached hydrogen (secondary N) is 1. The van der Waals surface area contributed by atoms with Crippen molar-refractivity contribution in [3.8, 4) is 0 Å². The van der Waals surface area contributed by atoms with Gasteiger partial charge in [-0.1, -0.05) is 31.9 Å². The number of rotatable bonds is 14. The fourth-order valence-electron chi connectivity index (χ4n) is 2.23. The highest BCUT2D eigenvalue weighted by Crippen LogP contribution is 2.09. The van der Waals surface area contributed by atoms with Crippen molar-refractivity contribution in [2.45, 2.75) is 70.8 Å². The third kappa shape index (κ3) is 13.6. The van der Waals surface area contributed by atoms with E-state index in [1.807, 2.05) is 0 Å². The summed E-state index contributed by atoms with van der Waals surface area (Å²) in [5, 5.41) is 20.7. The van der Waals surface area contributed by atoms with Crippen LogP contribution in [-0.2, 0) is 4.79 Å². The van der Waals surface area contributed by atoms with Crippen LogP contribution in [0.1, 0.15) is 64.7 Å². The van der Waals surface area contributed by atoms with Crippen LogP contribution in [0.15, 0.2) is 12.2 Å². The molecule has 0 aliphatic carbocycles. The molecule has 0 aliphatic rings. The Bertz CT molecular complexity index is 254. The van der Waals surface area contributed by atoms with E-state index in [4.69, 9.17) is 10.2 Å². The van der Waals surface area contributed by atoms with Crippen LogP contribution in [0.25, 0.3) is 0 Å². The number of carboxylic acids is 1. The molecule has 4 nitrogen and oxygen atoms in total. The maximum atomic E-state index is 10.3. The Morgan fingerprint density at radius 1 is 1.15 bits per heavy atom. The Labute approximate surface area is 123 Å². The summed E-state index contributed by atoms with van der Waals surface area (Å²) in [6.07, 6.45) is 13.1. The molecular formula is C16H31NO3. The summed E-state index contributed by atoms with van der Waals surface area (Å²) >= 11 is 0. The van der Waals surface area contributed by atoms with Crippen LogP contribution in [-0.4, -0.2) is 35.4 Å². The van der Waals surface area contributed by atoms with Crippen molar-refractivity contribution in [3.05, 3.63) is 12.2 Å². The van der Waals surface area contributed by atoms with E-state index in [0.29, 0.717) is 12.6 Å². The monoisotopic (exact) mass is 285 g/mol. The lowest BCUT2D eigenvalue weighted by Gasteiger charge is -2.17. The summed E-state index contributed by atoms with van der Waals surface area (Å²) < 4.78 is 0. The Kier molecular flexibility index (Phi) is 13.9. The average Bonchev–Trinajstić information content (AvgIpc) is 2.42. The molecule has 1 atom stereocenters. The zero-order valence-electron chi connectivity index (χ0n) is 12.8. The molecule has 0 aromatic rings. The molecule has 0 fully saturated rings. The van der Waals surface area contributed by atoms with Gasteiger partial charge in [0.05, 0.1) is 6.61 Å². The van der Waals surface area contributed by atoms with Gasteiger partial charge in [0, 0.05) is 19.0 Å². The van der Waals surface area contributed by atoms with Crippen LogP contribution >= 0.6 is 0 Å². The molecule has 0 radical (unpaired) electrons. The zero-order valence-corrected chi connectivity index (χ0v) is 12.8. The lowest BCUT2D eigenvalue weighted by molar-refractivity contribution is -0.137. The van der Waals surface area contributed by atoms with E-state index in [1.165, 1.54) is 32.1 Å². The van der Waals surface area contributed by atoms with Gasteiger partial charge in [0.1, 0.15) is 0 Å². The summed E-state index contributed by atoms with van der Waals surface area (Å²) in [5.41, 5.74) is 0. The van der Waals surface area contributed by atoms with Crippen molar-refractivity contribution in [1.82, 2.24) is 5.32 Å². The number of hydrogen-bond acceptors (Lipinski definition) is 3. The zero-order chi connectivity index (χ0) is 15.1. The average molecular weight is 285 g/mol. The van der Waals surface area contributed by atoms with Gasteiger partial charge in [0.25, 0.3) is 0 Å². The van der Waals surface area contributed by atoms with Crippen molar-refractivity contribution >= 4 is 5.97 Å². The number of aliphatic hydroxyl groups excluding tert-OH is 1. The molecule has 4 heteroatoms. The van der Waals surface area contributed by atoms with Crippen LogP contribution in [0, 0.1) is 0 Å². The molecule has 0 heterocycles. The predicted molar refractivity (Wildman–Crippen MR) is 82.9 cm³/mol. The molecule has 0 saturated heterocycles. The van der Waals surface area contributed by atoms with E-state index in [0.717, 1.165) is 19.3 Å². The first-order valence-electron chi connectivity index (χ1n) is 7.91. The van der Waals surface area contributed by atoms with E-state index in [9.17, 15) is 4.79 Å². The fraction of sp³-hybridized carbons (Fsp3) is 0.812. The summed E-state index contributed by atoms with van der Waals surface area (Å²) in [6, 6.07) is 0.534. The first kappa shape index (κ1) is 19.1. The molecule has 0 aromatic heterocycles. The summed E-state index contributed by atoms with van der Waals surface area (Å²) in [7, 11) is 0. The summed E-state index contributed by atoms with van der Waals surface area (Å²) in [5.74, 6) is -0.712. The lowest BCUT2D eigenvalue weighted by Crippen LogP contribution is -2.31. The molecule has 20 heavy (non-hydrogen) atoms. The number of aliphatic carboxylic acids is 1. The standard InChI is InChI=1S/C16H31NO3/c1-2-10-15(17-13-14-18)11-8-6-4-3-5-7-9-12-16(19)20/h3,5,15,17-18H,2,4,6-14H2,1H3,(H,19,20)/t15-/m0/s1. The molecule has 0 aliphatic heterocycles. The smallest absolute Gasteiger partial charge is 0.303 e. The summed E-state index contributed by atoms with van der Waals surface area (Å²) in [6.45, 7) is 3.08. The predicted octanol–water partition coefficient (Wildman–Crippen LogP) is 3.11. The minimum atomic E-state index is -0.712. The van der Waals surface area contributed by atoms with E-state index in [-0.39, 0.29) is 13.0 Å². The maximum absolute atomic E-state index is 10.3. The van der Waals surface area contributed by atoms with E-state index in [1.54, 1.807) is 0 Å². The van der Waals surface area contributed by atoms with Crippen molar-refractivity contribution in [2.24, 2.45) is 0 Å². The molecule has 0 bridgehead atoms. The molecule has 3 N–H and O–H groups in total. The quantitative estimate of drug-likeness (QED) is 0.339. The highest BCUT2D eigenvalue weighted by Gasteiger charge is 2.05. The van der Waals surface area contributed by atoms with Gasteiger partial charge in [-0.2, -0.15) is 0 Å². The first-order valence-corrected chi connectivity index (χ1v) is 7.91. The van der Waals surface area contributed by atoms with Gasteiger partial charge in [0.2, 0.25) is 0 Å². The van der Waals surface area contributed by atoms with Crippen LogP contribution in [0.5, 0.6) is 0 Å². The van der Waals surface area contributed by atoms with Gasteiger partial charge >= 0.3 is 5.97 Å². The minimum absolute atomic E-state index is 0.208. The van der Waals surface area contributed by atoms with Gasteiger partial charge in [-0.3, -0.25) is 4.79 Å². The molecule has 0 aromatic carbocycles. The molecule has 0 amide bonds. The molecule has 0 unspecified atom stereocenters. The lowest BCUT2D eigenvalue weighted by atomic mass is 10.0. The first-order chi connectivity index (χ1) is 9.70. The minimum Gasteiger partial charge on any atom is -0.481 e. The summed E-state index contributed by atoms with van der Waals surface area (Å²) in [4.78, 5) is 10.3. The maximum Gasteiger partial charge on any atom is 0.303 e. The SMILES string of the molecule is CCC[C@@H](CCCCC=CCCCC(=O)O)NCCO. The number of aliphatic hydroxyl groups is 1. The highest BCUT2D eigenvalue weighted by molar-refractivity contribution is 5.66. The molecule has 0 spiro atoms. The topological polar surface area (TPSA) is 69.6 Å². The second kappa shape index (κ2) is 14.5. The number of carbonyl (C=O) groups is 1. The molecule has 0 rings (SSSR count). The van der Waals surface area contributed by atoms with Crippen LogP contribution in [0.4, 0.5) is 0 Å². The highest BCUT2D eigenvalue weighted by atomic mass is 16.4. The van der Waals surface area contributed by atoms with Crippen LogP contribution in [0.2, 0.25) is 0 Å². The van der Waals surface area contributed by atoms with Gasteiger partial charge in [-0.15, -0.1) is 0 Å². The van der Waals surface area contributed by atoms with E-state index < -0.39 is 5.97 Å². The number of unbranched alkanes of at least 4 members (excludes halogenated alkanes) is 3. The second-order valence-corrected chi connectivity index (χ2v) is 5.21. The molecular weight excluding hydrogens is 254 g/mol. The fourth-order valence-corrected chi connectivity index (χ4v) is 2.23. The normalized spacial score (nSPS) is 12.9. The molecule has 118 valence electrons. The van der Waals surface area contributed by atoms with Gasteiger partial charge in [0.15, 0.2) is 0 Å². The number of hydrogen-bond donors (Lipinski definition) is 3. The van der Waals surface area contributed by atoms with Crippen molar-refractivity contribution < 1.29 is 15.0 Å². The van der Waals surface area contributed by atoms with Gasteiger partial charge in [-0.25, -0.2) is 0 Å². The van der Waals surface area contributed by atoms with Crippen LogP contribution < -0.4 is 5.32 Å².